The first-order valence-corrected chi connectivity index (χ1v) is 10.8. The SMILES string of the molecule is CCN(CC)c1nc(-c2ccccc2)nc2c1CN(C(=O)c1ccc([N+](=O)[O-])cc1)CC2. The third-order valence-electron chi connectivity index (χ3n) is 5.75. The second kappa shape index (κ2) is 9.13. The number of nitro benzene ring substituents is 1. The van der Waals surface area contributed by atoms with Crippen molar-refractivity contribution in [3.05, 3.63) is 81.5 Å². The van der Waals surface area contributed by atoms with Gasteiger partial charge in [0, 0.05) is 54.9 Å². The Morgan fingerprint density at radius 2 is 1.75 bits per heavy atom. The molecule has 1 aromatic heterocycles. The number of carbonyl (C=O) groups is 1. The number of carbonyl (C=O) groups excluding carboxylic acids is 1. The molecule has 0 atom stereocenters. The highest BCUT2D eigenvalue weighted by Crippen LogP contribution is 2.30. The second-order valence-corrected chi connectivity index (χ2v) is 7.62. The number of benzene rings is 2. The number of anilines is 1. The van der Waals surface area contributed by atoms with E-state index in [9.17, 15) is 14.9 Å². The zero-order valence-electron chi connectivity index (χ0n) is 18.2. The first-order chi connectivity index (χ1) is 15.5. The van der Waals surface area contributed by atoms with E-state index < -0.39 is 4.92 Å². The van der Waals surface area contributed by atoms with E-state index in [1.807, 2.05) is 30.3 Å². The Balaban J connectivity index is 1.68. The number of rotatable bonds is 6. The molecule has 0 saturated heterocycles. The van der Waals surface area contributed by atoms with Crippen LogP contribution in [0.5, 0.6) is 0 Å². The van der Waals surface area contributed by atoms with Crippen LogP contribution in [0.1, 0.15) is 35.5 Å². The summed E-state index contributed by atoms with van der Waals surface area (Å²) in [4.78, 5) is 37.2. The van der Waals surface area contributed by atoms with Crippen molar-refractivity contribution in [1.29, 1.82) is 0 Å². The number of non-ortho nitro benzene ring substituents is 1. The summed E-state index contributed by atoms with van der Waals surface area (Å²) in [6, 6.07) is 15.7. The summed E-state index contributed by atoms with van der Waals surface area (Å²) in [5, 5.41) is 10.9. The summed E-state index contributed by atoms with van der Waals surface area (Å²) in [5.74, 6) is 1.41. The van der Waals surface area contributed by atoms with Gasteiger partial charge in [-0.25, -0.2) is 9.97 Å². The minimum atomic E-state index is -0.469. The summed E-state index contributed by atoms with van der Waals surface area (Å²) in [7, 11) is 0. The largest absolute Gasteiger partial charge is 0.357 e. The van der Waals surface area contributed by atoms with Crippen LogP contribution in [0.2, 0.25) is 0 Å². The number of nitro groups is 1. The van der Waals surface area contributed by atoms with Crippen LogP contribution in [0.4, 0.5) is 11.5 Å². The van der Waals surface area contributed by atoms with Crippen molar-refractivity contribution in [2.45, 2.75) is 26.8 Å². The van der Waals surface area contributed by atoms with Gasteiger partial charge >= 0.3 is 0 Å². The number of hydrogen-bond acceptors (Lipinski definition) is 6. The average Bonchev–Trinajstić information content (AvgIpc) is 2.84. The fourth-order valence-electron chi connectivity index (χ4n) is 3.98. The minimum Gasteiger partial charge on any atom is -0.357 e. The van der Waals surface area contributed by atoms with Crippen molar-refractivity contribution >= 4 is 17.4 Å². The summed E-state index contributed by atoms with van der Waals surface area (Å²) in [5.41, 5.74) is 3.30. The van der Waals surface area contributed by atoms with Crippen molar-refractivity contribution in [2.24, 2.45) is 0 Å². The Labute approximate surface area is 186 Å². The molecular formula is C24H25N5O3. The molecule has 1 aliphatic rings. The van der Waals surface area contributed by atoms with Crippen LogP contribution in [-0.2, 0) is 13.0 Å². The Kier molecular flexibility index (Phi) is 6.11. The van der Waals surface area contributed by atoms with E-state index in [0.29, 0.717) is 30.9 Å². The zero-order chi connectivity index (χ0) is 22.7. The number of fused-ring (bicyclic) bond motifs is 1. The van der Waals surface area contributed by atoms with E-state index in [2.05, 4.69) is 18.7 Å². The molecule has 0 fully saturated rings. The molecule has 0 saturated carbocycles. The summed E-state index contributed by atoms with van der Waals surface area (Å²) < 4.78 is 0. The van der Waals surface area contributed by atoms with Gasteiger partial charge in [0.15, 0.2) is 5.82 Å². The summed E-state index contributed by atoms with van der Waals surface area (Å²) in [6.07, 6.45) is 0.630. The van der Waals surface area contributed by atoms with E-state index in [1.165, 1.54) is 24.3 Å². The van der Waals surface area contributed by atoms with Gasteiger partial charge in [-0.3, -0.25) is 14.9 Å². The van der Waals surface area contributed by atoms with Gasteiger partial charge in [-0.05, 0) is 26.0 Å². The normalized spacial score (nSPS) is 12.9. The van der Waals surface area contributed by atoms with Crippen LogP contribution >= 0.6 is 0 Å². The summed E-state index contributed by atoms with van der Waals surface area (Å²) in [6.45, 7) is 6.71. The van der Waals surface area contributed by atoms with Crippen molar-refractivity contribution in [2.75, 3.05) is 24.5 Å². The van der Waals surface area contributed by atoms with E-state index in [0.717, 1.165) is 35.7 Å². The highest BCUT2D eigenvalue weighted by atomic mass is 16.6. The smallest absolute Gasteiger partial charge is 0.269 e. The first-order valence-electron chi connectivity index (χ1n) is 10.8. The lowest BCUT2D eigenvalue weighted by Gasteiger charge is -2.32. The molecule has 0 N–H and O–H groups in total. The van der Waals surface area contributed by atoms with Crippen LogP contribution in [0.3, 0.4) is 0 Å². The van der Waals surface area contributed by atoms with Gasteiger partial charge < -0.3 is 9.80 Å². The maximum absolute atomic E-state index is 13.1. The zero-order valence-corrected chi connectivity index (χ0v) is 18.2. The van der Waals surface area contributed by atoms with E-state index >= 15 is 0 Å². The molecule has 0 aliphatic carbocycles. The topological polar surface area (TPSA) is 92.5 Å². The fourth-order valence-corrected chi connectivity index (χ4v) is 3.98. The molecule has 2 aromatic carbocycles. The van der Waals surface area contributed by atoms with Gasteiger partial charge in [0.05, 0.1) is 17.2 Å². The van der Waals surface area contributed by atoms with Crippen molar-refractivity contribution in [3.8, 4) is 11.4 Å². The molecule has 0 unspecified atom stereocenters. The van der Waals surface area contributed by atoms with Crippen LogP contribution in [0.25, 0.3) is 11.4 Å². The standard InChI is InChI=1S/C24H25N5O3/c1-3-27(4-2)23-20-16-28(24(30)18-10-12-19(13-11-18)29(31)32)15-14-21(20)25-22(26-23)17-8-6-5-7-9-17/h5-13H,3-4,14-16H2,1-2H3. The van der Waals surface area contributed by atoms with Crippen molar-refractivity contribution < 1.29 is 9.72 Å². The van der Waals surface area contributed by atoms with Gasteiger partial charge in [0.1, 0.15) is 5.82 Å². The first kappa shape index (κ1) is 21.4. The molecule has 1 amide bonds. The van der Waals surface area contributed by atoms with Crippen molar-refractivity contribution in [1.82, 2.24) is 14.9 Å². The lowest BCUT2D eigenvalue weighted by atomic mass is 10.0. The number of nitrogens with zero attached hydrogens (tertiary/aromatic N) is 5. The van der Waals surface area contributed by atoms with E-state index in [1.54, 1.807) is 4.90 Å². The van der Waals surface area contributed by atoms with E-state index in [-0.39, 0.29) is 11.6 Å². The molecule has 0 radical (unpaired) electrons. The number of aromatic nitrogens is 2. The highest BCUT2D eigenvalue weighted by Gasteiger charge is 2.28. The van der Waals surface area contributed by atoms with Gasteiger partial charge in [-0.15, -0.1) is 0 Å². The quantitative estimate of drug-likeness (QED) is 0.431. The van der Waals surface area contributed by atoms with Gasteiger partial charge in [-0.1, -0.05) is 30.3 Å². The molecule has 4 rings (SSSR count). The lowest BCUT2D eigenvalue weighted by Crippen LogP contribution is -2.38. The molecule has 0 bridgehead atoms. The Morgan fingerprint density at radius 1 is 1.06 bits per heavy atom. The third kappa shape index (κ3) is 4.16. The molecule has 1 aliphatic heterocycles. The Morgan fingerprint density at radius 3 is 2.38 bits per heavy atom. The molecule has 164 valence electrons. The van der Waals surface area contributed by atoms with Gasteiger partial charge in [0.25, 0.3) is 11.6 Å². The monoisotopic (exact) mass is 431 g/mol. The van der Waals surface area contributed by atoms with E-state index in [4.69, 9.17) is 9.97 Å². The maximum atomic E-state index is 13.1. The number of amides is 1. The highest BCUT2D eigenvalue weighted by molar-refractivity contribution is 5.94. The minimum absolute atomic E-state index is 0.0313. The summed E-state index contributed by atoms with van der Waals surface area (Å²) >= 11 is 0. The average molecular weight is 431 g/mol. The molecule has 32 heavy (non-hydrogen) atoms. The van der Waals surface area contributed by atoms with Gasteiger partial charge in [0.2, 0.25) is 0 Å². The predicted molar refractivity (Wildman–Crippen MR) is 123 cm³/mol. The molecule has 8 heteroatoms. The predicted octanol–water partition coefficient (Wildman–Crippen LogP) is 4.10. The van der Waals surface area contributed by atoms with Crippen LogP contribution in [0, 0.1) is 10.1 Å². The fraction of sp³-hybridized carbons (Fsp3) is 0.292. The molecule has 3 aromatic rings. The van der Waals surface area contributed by atoms with Crippen LogP contribution in [0.15, 0.2) is 54.6 Å². The lowest BCUT2D eigenvalue weighted by molar-refractivity contribution is -0.384. The molecule has 8 nitrogen and oxygen atoms in total. The Bertz CT molecular complexity index is 1130. The molecule has 0 spiro atoms. The maximum Gasteiger partial charge on any atom is 0.269 e. The van der Waals surface area contributed by atoms with Gasteiger partial charge in [-0.2, -0.15) is 0 Å². The molecule has 2 heterocycles. The third-order valence-corrected chi connectivity index (χ3v) is 5.75. The second-order valence-electron chi connectivity index (χ2n) is 7.62. The molecular weight excluding hydrogens is 406 g/mol. The number of hydrogen-bond donors (Lipinski definition) is 0. The Hall–Kier alpha value is -3.81. The van der Waals surface area contributed by atoms with Crippen LogP contribution in [-0.4, -0.2) is 45.3 Å². The van der Waals surface area contributed by atoms with Crippen LogP contribution < -0.4 is 4.90 Å². The van der Waals surface area contributed by atoms with Crippen molar-refractivity contribution in [3.63, 3.8) is 0 Å².